The largest absolute Gasteiger partial charge is 0.475 e. The van der Waals surface area contributed by atoms with Crippen LogP contribution in [0, 0.1) is 0 Å². The van der Waals surface area contributed by atoms with Crippen molar-refractivity contribution < 1.29 is 9.53 Å². The molecule has 0 aromatic rings. The van der Waals surface area contributed by atoms with E-state index in [0.29, 0.717) is 30.9 Å². The van der Waals surface area contributed by atoms with Crippen molar-refractivity contribution in [2.75, 3.05) is 13.2 Å². The van der Waals surface area contributed by atoms with E-state index in [4.69, 9.17) is 4.74 Å². The van der Waals surface area contributed by atoms with E-state index in [1.54, 1.807) is 0 Å². The summed E-state index contributed by atoms with van der Waals surface area (Å²) >= 11 is 0. The van der Waals surface area contributed by atoms with E-state index >= 15 is 0 Å². The van der Waals surface area contributed by atoms with E-state index in [1.165, 1.54) is 0 Å². The fourth-order valence-electron chi connectivity index (χ4n) is 0.580. The molecule has 0 saturated heterocycles. The zero-order valence-electron chi connectivity index (χ0n) is 4.96. The summed E-state index contributed by atoms with van der Waals surface area (Å²) in [6.45, 7) is 4.64. The minimum Gasteiger partial charge on any atom is -0.475 e. The van der Waals surface area contributed by atoms with Gasteiger partial charge in [-0.2, -0.15) is 0 Å². The molecule has 1 heterocycles. The second-order valence-electron chi connectivity index (χ2n) is 1.68. The zero-order chi connectivity index (χ0) is 6.69. The monoisotopic (exact) mass is 125 g/mol. The third-order valence-electron chi connectivity index (χ3n) is 1.00. The van der Waals surface area contributed by atoms with E-state index in [9.17, 15) is 4.79 Å². The highest BCUT2D eigenvalue weighted by Gasteiger charge is 2.08. The molecule has 0 aromatic carbocycles. The summed E-state index contributed by atoms with van der Waals surface area (Å²) in [5.41, 5.74) is 0.326. The van der Waals surface area contributed by atoms with Crippen LogP contribution in [0.1, 0.15) is 0 Å². The molecule has 0 aromatic heterocycles. The van der Waals surface area contributed by atoms with Crippen LogP contribution in [0.2, 0.25) is 0 Å². The molecule has 0 radical (unpaired) electrons. The smallest absolute Gasteiger partial charge is 0.218 e. The Balaban J connectivity index is 2.61. The molecule has 0 amide bonds. The van der Waals surface area contributed by atoms with Crippen LogP contribution in [-0.4, -0.2) is 25.3 Å². The molecular weight excluding hydrogens is 118 g/mol. The molecular formula is C6H7NO2. The highest BCUT2D eigenvalue weighted by molar-refractivity contribution is 6.10. The molecule has 0 atom stereocenters. The first-order valence-electron chi connectivity index (χ1n) is 2.66. The van der Waals surface area contributed by atoms with Gasteiger partial charge < -0.3 is 4.74 Å². The number of carbonyl (C=O) groups is 1. The first-order valence-corrected chi connectivity index (χ1v) is 2.66. The molecule has 9 heavy (non-hydrogen) atoms. The van der Waals surface area contributed by atoms with Crippen LogP contribution in [0.15, 0.2) is 17.1 Å². The SMILES string of the molecule is C=C(C=O)C1=NCCO1. The number of hydrogen-bond donors (Lipinski definition) is 0. The lowest BCUT2D eigenvalue weighted by Crippen LogP contribution is -2.02. The first kappa shape index (κ1) is 6.01. The van der Waals surface area contributed by atoms with Crippen LogP contribution in [-0.2, 0) is 9.53 Å². The third kappa shape index (κ3) is 1.16. The predicted octanol–water partition coefficient (Wildman–Crippen LogP) is 0.170. The molecule has 1 rings (SSSR count). The van der Waals surface area contributed by atoms with E-state index in [-0.39, 0.29) is 0 Å². The maximum Gasteiger partial charge on any atom is 0.218 e. The topological polar surface area (TPSA) is 38.7 Å². The van der Waals surface area contributed by atoms with Gasteiger partial charge in [0.2, 0.25) is 5.90 Å². The predicted molar refractivity (Wildman–Crippen MR) is 33.5 cm³/mol. The van der Waals surface area contributed by atoms with Crippen LogP contribution < -0.4 is 0 Å². The molecule has 0 aliphatic carbocycles. The molecule has 0 fully saturated rings. The van der Waals surface area contributed by atoms with Crippen molar-refractivity contribution in [3.05, 3.63) is 12.2 Å². The van der Waals surface area contributed by atoms with Crippen molar-refractivity contribution in [1.82, 2.24) is 0 Å². The number of aliphatic imine (C=N–C) groups is 1. The summed E-state index contributed by atoms with van der Waals surface area (Å²) in [5, 5.41) is 0. The summed E-state index contributed by atoms with van der Waals surface area (Å²) in [7, 11) is 0. The highest BCUT2D eigenvalue weighted by atomic mass is 16.5. The Morgan fingerprint density at radius 2 is 2.67 bits per heavy atom. The van der Waals surface area contributed by atoms with E-state index < -0.39 is 0 Å². The molecule has 0 spiro atoms. The van der Waals surface area contributed by atoms with Crippen LogP contribution in [0.5, 0.6) is 0 Å². The van der Waals surface area contributed by atoms with Crippen molar-refractivity contribution in [2.24, 2.45) is 4.99 Å². The summed E-state index contributed by atoms with van der Waals surface area (Å²) in [4.78, 5) is 13.9. The Bertz CT molecular complexity index is 172. The van der Waals surface area contributed by atoms with Crippen LogP contribution in [0.3, 0.4) is 0 Å². The Morgan fingerprint density at radius 1 is 1.89 bits per heavy atom. The molecule has 0 bridgehead atoms. The van der Waals surface area contributed by atoms with Crippen molar-refractivity contribution in [3.8, 4) is 0 Å². The number of rotatable bonds is 2. The summed E-state index contributed by atoms with van der Waals surface area (Å²) in [5.74, 6) is 0.394. The normalized spacial score (nSPS) is 16.2. The number of aldehydes is 1. The number of ether oxygens (including phenoxy) is 1. The van der Waals surface area contributed by atoms with Crippen molar-refractivity contribution in [2.45, 2.75) is 0 Å². The van der Waals surface area contributed by atoms with Gasteiger partial charge in [-0.15, -0.1) is 0 Å². The maximum atomic E-state index is 10.0. The average molecular weight is 125 g/mol. The molecule has 1 aliphatic rings. The third-order valence-corrected chi connectivity index (χ3v) is 1.00. The Labute approximate surface area is 53.0 Å². The lowest BCUT2D eigenvalue weighted by atomic mass is 10.3. The van der Waals surface area contributed by atoms with Crippen molar-refractivity contribution in [3.63, 3.8) is 0 Å². The molecule has 3 nitrogen and oxygen atoms in total. The quantitative estimate of drug-likeness (QED) is 0.390. The number of nitrogens with zero attached hydrogens (tertiary/aromatic N) is 1. The van der Waals surface area contributed by atoms with Crippen LogP contribution >= 0.6 is 0 Å². The van der Waals surface area contributed by atoms with E-state index in [2.05, 4.69) is 11.6 Å². The molecule has 0 saturated carbocycles. The summed E-state index contributed by atoms with van der Waals surface area (Å²) in [6, 6.07) is 0. The molecule has 3 heteroatoms. The first-order chi connectivity index (χ1) is 4.34. The van der Waals surface area contributed by atoms with Crippen molar-refractivity contribution >= 4 is 12.2 Å². The number of carbonyl (C=O) groups excluding carboxylic acids is 1. The lowest BCUT2D eigenvalue weighted by molar-refractivity contribution is -0.104. The Kier molecular flexibility index (Phi) is 1.63. The molecule has 0 unspecified atom stereocenters. The van der Waals surface area contributed by atoms with Crippen LogP contribution in [0.4, 0.5) is 0 Å². The van der Waals surface area contributed by atoms with Crippen molar-refractivity contribution in [1.29, 1.82) is 0 Å². The standard InChI is InChI=1S/C6H7NO2/c1-5(4-8)6-7-2-3-9-6/h4H,1-3H2. The summed E-state index contributed by atoms with van der Waals surface area (Å²) < 4.78 is 4.92. The lowest BCUT2D eigenvalue weighted by Gasteiger charge is -1.94. The minimum absolute atomic E-state index is 0.326. The van der Waals surface area contributed by atoms with Gasteiger partial charge >= 0.3 is 0 Å². The van der Waals surface area contributed by atoms with Gasteiger partial charge in [0.25, 0.3) is 0 Å². The van der Waals surface area contributed by atoms with Gasteiger partial charge in [0.15, 0.2) is 6.29 Å². The number of hydrogen-bond acceptors (Lipinski definition) is 3. The molecule has 0 N–H and O–H groups in total. The summed E-state index contributed by atoms with van der Waals surface area (Å²) in [6.07, 6.45) is 0.643. The van der Waals surface area contributed by atoms with E-state index in [0.717, 1.165) is 0 Å². The molecule has 48 valence electrons. The Hall–Kier alpha value is -1.12. The van der Waals surface area contributed by atoms with Gasteiger partial charge in [0, 0.05) is 0 Å². The second kappa shape index (κ2) is 2.44. The average Bonchev–Trinajstić information content (AvgIpc) is 2.37. The van der Waals surface area contributed by atoms with E-state index in [1.807, 2.05) is 0 Å². The minimum atomic E-state index is 0.326. The van der Waals surface area contributed by atoms with Crippen LogP contribution in [0.25, 0.3) is 0 Å². The van der Waals surface area contributed by atoms with Gasteiger partial charge in [-0.1, -0.05) is 6.58 Å². The Morgan fingerprint density at radius 3 is 3.11 bits per heavy atom. The maximum absolute atomic E-state index is 10.0. The zero-order valence-corrected chi connectivity index (χ0v) is 4.96. The van der Waals surface area contributed by atoms with Gasteiger partial charge in [-0.25, -0.2) is 4.99 Å². The van der Waals surface area contributed by atoms with Gasteiger partial charge in [0.1, 0.15) is 6.61 Å². The fraction of sp³-hybridized carbons (Fsp3) is 0.333. The molecule has 1 aliphatic heterocycles. The van der Waals surface area contributed by atoms with Gasteiger partial charge in [0.05, 0.1) is 12.1 Å². The van der Waals surface area contributed by atoms with Gasteiger partial charge in [-0.05, 0) is 0 Å². The highest BCUT2D eigenvalue weighted by Crippen LogP contribution is 1.99. The van der Waals surface area contributed by atoms with Gasteiger partial charge in [-0.3, -0.25) is 4.79 Å². The second-order valence-corrected chi connectivity index (χ2v) is 1.68. The fourth-order valence-corrected chi connectivity index (χ4v) is 0.580.